The molecule has 1 amide bonds. The second-order valence-electron chi connectivity index (χ2n) is 5.64. The maximum atomic E-state index is 12.1. The lowest BCUT2D eigenvalue weighted by Gasteiger charge is -2.19. The van der Waals surface area contributed by atoms with Crippen molar-refractivity contribution in [3.05, 3.63) is 54.0 Å². The minimum absolute atomic E-state index is 0.228. The number of nitrogens with one attached hydrogen (secondary N) is 1. The molecule has 0 atom stereocenters. The third-order valence-electron chi connectivity index (χ3n) is 3.86. The molecule has 1 N–H and O–H groups in total. The minimum atomic E-state index is -0.228. The number of anilines is 1. The van der Waals surface area contributed by atoms with Gasteiger partial charge in [-0.3, -0.25) is 4.79 Å². The van der Waals surface area contributed by atoms with Crippen LogP contribution < -0.4 is 10.1 Å². The van der Waals surface area contributed by atoms with Crippen molar-refractivity contribution in [3.8, 4) is 5.75 Å². The second-order valence-corrected chi connectivity index (χ2v) is 5.64. The Morgan fingerprint density at radius 2 is 1.96 bits per heavy atom. The highest BCUT2D eigenvalue weighted by atomic mass is 16.5. The first-order chi connectivity index (χ1) is 12.1. The zero-order valence-corrected chi connectivity index (χ0v) is 15.1. The molecular formula is C20H26N2O3. The highest BCUT2D eigenvalue weighted by Crippen LogP contribution is 2.23. The molecule has 0 aliphatic heterocycles. The average Bonchev–Trinajstić information content (AvgIpc) is 3.04. The van der Waals surface area contributed by atoms with Crippen molar-refractivity contribution in [2.45, 2.75) is 20.8 Å². The van der Waals surface area contributed by atoms with Crippen LogP contribution in [0.2, 0.25) is 0 Å². The van der Waals surface area contributed by atoms with Gasteiger partial charge in [-0.25, -0.2) is 0 Å². The number of ether oxygens (including phenoxy) is 1. The van der Waals surface area contributed by atoms with Gasteiger partial charge in [0.25, 0.3) is 0 Å². The van der Waals surface area contributed by atoms with Crippen LogP contribution in [0.3, 0.4) is 0 Å². The first-order valence-corrected chi connectivity index (χ1v) is 8.62. The second kappa shape index (κ2) is 9.69. The van der Waals surface area contributed by atoms with Gasteiger partial charge in [-0.05, 0) is 50.4 Å². The van der Waals surface area contributed by atoms with Gasteiger partial charge in [-0.2, -0.15) is 0 Å². The molecule has 1 aromatic heterocycles. The van der Waals surface area contributed by atoms with Gasteiger partial charge in [0.1, 0.15) is 23.9 Å². The third kappa shape index (κ3) is 6.12. The van der Waals surface area contributed by atoms with Gasteiger partial charge in [0.2, 0.25) is 5.91 Å². The summed E-state index contributed by atoms with van der Waals surface area (Å²) in [6.07, 6.45) is 3.09. The molecule has 0 saturated carbocycles. The van der Waals surface area contributed by atoms with E-state index in [1.807, 2.05) is 43.3 Å². The van der Waals surface area contributed by atoms with Crippen LogP contribution in [-0.4, -0.2) is 37.0 Å². The molecule has 0 saturated heterocycles. The summed E-state index contributed by atoms with van der Waals surface area (Å²) in [5.41, 5.74) is 0.660. The van der Waals surface area contributed by atoms with Gasteiger partial charge in [0, 0.05) is 12.6 Å². The summed E-state index contributed by atoms with van der Waals surface area (Å²) in [6.45, 7) is 9.55. The molecule has 5 heteroatoms. The largest absolute Gasteiger partial charge is 0.490 e. The van der Waals surface area contributed by atoms with E-state index in [-0.39, 0.29) is 5.91 Å². The summed E-state index contributed by atoms with van der Waals surface area (Å²) in [5, 5.41) is 2.85. The van der Waals surface area contributed by atoms with Gasteiger partial charge >= 0.3 is 0 Å². The van der Waals surface area contributed by atoms with Crippen LogP contribution in [0, 0.1) is 6.92 Å². The van der Waals surface area contributed by atoms with Gasteiger partial charge in [0.15, 0.2) is 0 Å². The number of nitrogens with zero attached hydrogens (tertiary/aromatic N) is 1. The number of aryl methyl sites for hydroxylation is 1. The van der Waals surface area contributed by atoms with Gasteiger partial charge in [-0.15, -0.1) is 0 Å². The van der Waals surface area contributed by atoms with E-state index in [1.54, 1.807) is 6.08 Å². The highest BCUT2D eigenvalue weighted by Gasteiger charge is 2.07. The Hall–Kier alpha value is -2.53. The Balaban J connectivity index is 1.92. The smallest absolute Gasteiger partial charge is 0.248 e. The molecule has 2 aromatic rings. The summed E-state index contributed by atoms with van der Waals surface area (Å²) < 4.78 is 11.2. The number of furan rings is 1. The van der Waals surface area contributed by atoms with Crippen molar-refractivity contribution in [1.29, 1.82) is 0 Å². The van der Waals surface area contributed by atoms with E-state index in [0.29, 0.717) is 23.8 Å². The minimum Gasteiger partial charge on any atom is -0.490 e. The topological polar surface area (TPSA) is 54.7 Å². The van der Waals surface area contributed by atoms with Crippen molar-refractivity contribution in [2.24, 2.45) is 0 Å². The maximum Gasteiger partial charge on any atom is 0.248 e. The molecule has 1 heterocycles. The van der Waals surface area contributed by atoms with Crippen LogP contribution in [0.4, 0.5) is 5.69 Å². The Kier molecular flexibility index (Phi) is 7.29. The molecule has 5 nitrogen and oxygen atoms in total. The predicted molar refractivity (Wildman–Crippen MR) is 101 cm³/mol. The monoisotopic (exact) mass is 342 g/mol. The number of amides is 1. The number of rotatable bonds is 9. The van der Waals surface area contributed by atoms with Crippen molar-refractivity contribution < 1.29 is 13.9 Å². The number of hydrogen-bond acceptors (Lipinski definition) is 4. The molecular weight excluding hydrogens is 316 g/mol. The average molecular weight is 342 g/mol. The number of carbonyl (C=O) groups is 1. The summed E-state index contributed by atoms with van der Waals surface area (Å²) in [6, 6.07) is 11.1. The standard InChI is InChI=1S/C20H26N2O3/c1-4-22(5-2)14-15-24-19-9-7-6-8-18(19)21-20(23)13-12-17-11-10-16(3)25-17/h6-13H,4-5,14-15H2,1-3H3,(H,21,23)/b13-12+. The predicted octanol–water partition coefficient (Wildman–Crippen LogP) is 3.96. The third-order valence-corrected chi connectivity index (χ3v) is 3.86. The molecule has 25 heavy (non-hydrogen) atoms. The van der Waals surface area contributed by atoms with Crippen molar-refractivity contribution in [3.63, 3.8) is 0 Å². The Labute approximate surface area is 149 Å². The van der Waals surface area contributed by atoms with Crippen LogP contribution >= 0.6 is 0 Å². The van der Waals surface area contributed by atoms with Crippen molar-refractivity contribution in [1.82, 2.24) is 4.90 Å². The molecule has 0 spiro atoms. The fourth-order valence-electron chi connectivity index (χ4n) is 2.40. The van der Waals surface area contributed by atoms with Gasteiger partial charge < -0.3 is 19.4 Å². The summed E-state index contributed by atoms with van der Waals surface area (Å²) in [7, 11) is 0. The fraction of sp³-hybridized carbons (Fsp3) is 0.350. The molecule has 0 radical (unpaired) electrons. The first kappa shape index (κ1) is 18.8. The molecule has 0 aliphatic rings. The lowest BCUT2D eigenvalue weighted by atomic mass is 10.3. The lowest BCUT2D eigenvalue weighted by Crippen LogP contribution is -2.28. The number of carbonyl (C=O) groups excluding carboxylic acids is 1. The zero-order chi connectivity index (χ0) is 18.1. The van der Waals surface area contributed by atoms with Crippen LogP contribution in [0.5, 0.6) is 5.75 Å². The molecule has 1 aromatic carbocycles. The fourth-order valence-corrected chi connectivity index (χ4v) is 2.40. The maximum absolute atomic E-state index is 12.1. The van der Waals surface area contributed by atoms with E-state index in [1.165, 1.54) is 6.08 Å². The SMILES string of the molecule is CCN(CC)CCOc1ccccc1NC(=O)/C=C/c1ccc(C)o1. The molecule has 0 fully saturated rings. The molecule has 134 valence electrons. The van der Waals surface area contributed by atoms with E-state index >= 15 is 0 Å². The lowest BCUT2D eigenvalue weighted by molar-refractivity contribution is -0.111. The number of para-hydroxylation sites is 2. The van der Waals surface area contributed by atoms with Crippen LogP contribution in [-0.2, 0) is 4.79 Å². The zero-order valence-electron chi connectivity index (χ0n) is 15.1. The van der Waals surface area contributed by atoms with Crippen LogP contribution in [0.1, 0.15) is 25.4 Å². The Bertz CT molecular complexity index is 702. The molecule has 0 bridgehead atoms. The van der Waals surface area contributed by atoms with Gasteiger partial charge in [-0.1, -0.05) is 26.0 Å². The van der Waals surface area contributed by atoms with Crippen LogP contribution in [0.25, 0.3) is 6.08 Å². The van der Waals surface area contributed by atoms with Crippen LogP contribution in [0.15, 0.2) is 46.9 Å². The quantitative estimate of drug-likeness (QED) is 0.701. The molecule has 2 rings (SSSR count). The Morgan fingerprint density at radius 1 is 1.20 bits per heavy atom. The number of hydrogen-bond donors (Lipinski definition) is 1. The summed E-state index contributed by atoms with van der Waals surface area (Å²) in [4.78, 5) is 14.4. The van der Waals surface area contributed by atoms with E-state index < -0.39 is 0 Å². The van der Waals surface area contributed by atoms with Crippen molar-refractivity contribution in [2.75, 3.05) is 31.6 Å². The van der Waals surface area contributed by atoms with Gasteiger partial charge in [0.05, 0.1) is 5.69 Å². The number of likely N-dealkylation sites (N-methyl/N-ethyl adjacent to an activating group) is 1. The Morgan fingerprint density at radius 3 is 2.64 bits per heavy atom. The molecule has 0 unspecified atom stereocenters. The highest BCUT2D eigenvalue weighted by molar-refractivity contribution is 6.02. The van der Waals surface area contributed by atoms with E-state index in [0.717, 1.165) is 25.4 Å². The first-order valence-electron chi connectivity index (χ1n) is 8.62. The van der Waals surface area contributed by atoms with E-state index in [4.69, 9.17) is 9.15 Å². The van der Waals surface area contributed by atoms with Crippen molar-refractivity contribution >= 4 is 17.7 Å². The van der Waals surface area contributed by atoms with E-state index in [2.05, 4.69) is 24.1 Å². The number of benzene rings is 1. The molecule has 0 aliphatic carbocycles. The summed E-state index contributed by atoms with van der Waals surface area (Å²) >= 11 is 0. The van der Waals surface area contributed by atoms with E-state index in [9.17, 15) is 4.79 Å². The normalized spacial score (nSPS) is 11.2. The summed E-state index contributed by atoms with van der Waals surface area (Å²) in [5.74, 6) is 1.91.